The number of carbonyl (C=O) groups is 2. The molecule has 102 valence electrons. The van der Waals surface area contributed by atoms with Crippen molar-refractivity contribution in [2.24, 2.45) is 0 Å². The van der Waals surface area contributed by atoms with Crippen LogP contribution in [0.4, 0.5) is 0 Å². The Kier molecular flexibility index (Phi) is 4.99. The number of rotatable bonds is 3. The van der Waals surface area contributed by atoms with Gasteiger partial charge in [-0.05, 0) is 38.8 Å². The van der Waals surface area contributed by atoms with E-state index in [-0.39, 0.29) is 24.4 Å². The highest BCUT2D eigenvalue weighted by Gasteiger charge is 2.21. The number of likely N-dealkylation sites (tertiary alicyclic amines) is 1. The minimum Gasteiger partial charge on any atom is -0.352 e. The minimum absolute atomic E-state index is 0.00264. The summed E-state index contributed by atoms with van der Waals surface area (Å²) in [6.07, 6.45) is 5.65. The molecule has 2 saturated heterocycles. The lowest BCUT2D eigenvalue weighted by atomic mass is 10.1. The Labute approximate surface area is 108 Å². The topological polar surface area (TPSA) is 61.4 Å². The van der Waals surface area contributed by atoms with Gasteiger partial charge in [0.05, 0.1) is 6.54 Å². The minimum atomic E-state index is -0.00264. The Morgan fingerprint density at radius 2 is 2.06 bits per heavy atom. The van der Waals surface area contributed by atoms with E-state index < -0.39 is 0 Å². The summed E-state index contributed by atoms with van der Waals surface area (Å²) in [4.78, 5) is 25.4. The molecule has 2 rings (SSSR count). The Bertz CT molecular complexity index is 301. The lowest BCUT2D eigenvalue weighted by Crippen LogP contribution is -2.47. The zero-order chi connectivity index (χ0) is 12.8. The largest absolute Gasteiger partial charge is 0.352 e. The van der Waals surface area contributed by atoms with Crippen LogP contribution in [0.15, 0.2) is 0 Å². The monoisotopic (exact) mass is 253 g/mol. The number of nitrogens with one attached hydrogen (secondary N) is 2. The van der Waals surface area contributed by atoms with E-state index in [4.69, 9.17) is 0 Å². The number of nitrogens with zero attached hydrogens (tertiary/aromatic N) is 1. The van der Waals surface area contributed by atoms with Gasteiger partial charge in [0, 0.05) is 19.0 Å². The van der Waals surface area contributed by atoms with E-state index in [2.05, 4.69) is 10.6 Å². The quantitative estimate of drug-likeness (QED) is 0.758. The molecule has 18 heavy (non-hydrogen) atoms. The van der Waals surface area contributed by atoms with Crippen LogP contribution in [0.5, 0.6) is 0 Å². The van der Waals surface area contributed by atoms with Crippen LogP contribution in [0.2, 0.25) is 0 Å². The highest BCUT2D eigenvalue weighted by Crippen LogP contribution is 2.11. The predicted octanol–water partition coefficient (Wildman–Crippen LogP) is 0.257. The van der Waals surface area contributed by atoms with Gasteiger partial charge in [0.15, 0.2) is 0 Å². The Morgan fingerprint density at radius 3 is 2.83 bits per heavy atom. The van der Waals surface area contributed by atoms with Crippen molar-refractivity contribution >= 4 is 11.8 Å². The molecule has 0 atom stereocenters. The van der Waals surface area contributed by atoms with Crippen molar-refractivity contribution in [2.75, 3.05) is 26.2 Å². The van der Waals surface area contributed by atoms with Gasteiger partial charge in [-0.15, -0.1) is 0 Å². The number of piperidine rings is 1. The zero-order valence-electron chi connectivity index (χ0n) is 10.9. The standard InChI is InChI=1S/C13H23N3O2/c17-12(15-11-5-7-14-8-6-11)10-16-9-3-1-2-4-13(16)18/h11,14H,1-10H2,(H,15,17). The van der Waals surface area contributed by atoms with Gasteiger partial charge in [-0.25, -0.2) is 0 Å². The first kappa shape index (κ1) is 13.3. The Balaban J connectivity index is 1.76. The van der Waals surface area contributed by atoms with Crippen LogP contribution in [0.25, 0.3) is 0 Å². The summed E-state index contributed by atoms with van der Waals surface area (Å²) in [7, 11) is 0. The Morgan fingerprint density at radius 1 is 1.28 bits per heavy atom. The average molecular weight is 253 g/mol. The molecule has 5 nitrogen and oxygen atoms in total. The summed E-state index contributed by atoms with van der Waals surface area (Å²) >= 11 is 0. The van der Waals surface area contributed by atoms with Crippen molar-refractivity contribution in [3.05, 3.63) is 0 Å². The first-order valence-electron chi connectivity index (χ1n) is 7.03. The van der Waals surface area contributed by atoms with Crippen molar-refractivity contribution in [1.29, 1.82) is 0 Å². The van der Waals surface area contributed by atoms with Crippen molar-refractivity contribution in [1.82, 2.24) is 15.5 Å². The van der Waals surface area contributed by atoms with Crippen LogP contribution >= 0.6 is 0 Å². The second kappa shape index (κ2) is 6.73. The maximum Gasteiger partial charge on any atom is 0.239 e. The van der Waals surface area contributed by atoms with Crippen molar-refractivity contribution in [3.8, 4) is 0 Å². The van der Waals surface area contributed by atoms with E-state index in [1.807, 2.05) is 0 Å². The van der Waals surface area contributed by atoms with Crippen molar-refractivity contribution in [3.63, 3.8) is 0 Å². The molecule has 0 aromatic heterocycles. The molecule has 0 unspecified atom stereocenters. The first-order valence-corrected chi connectivity index (χ1v) is 7.03. The van der Waals surface area contributed by atoms with E-state index in [1.165, 1.54) is 0 Å². The third-order valence-electron chi connectivity index (χ3n) is 3.71. The maximum absolute atomic E-state index is 11.9. The molecule has 5 heteroatoms. The summed E-state index contributed by atoms with van der Waals surface area (Å²) in [6.45, 7) is 2.91. The van der Waals surface area contributed by atoms with Crippen LogP contribution in [-0.2, 0) is 9.59 Å². The smallest absolute Gasteiger partial charge is 0.239 e. The van der Waals surface area contributed by atoms with Gasteiger partial charge in [0.2, 0.25) is 11.8 Å². The molecule has 2 fully saturated rings. The maximum atomic E-state index is 11.9. The highest BCUT2D eigenvalue weighted by molar-refractivity contribution is 5.85. The fourth-order valence-corrected chi connectivity index (χ4v) is 2.62. The summed E-state index contributed by atoms with van der Waals surface area (Å²) in [6, 6.07) is 0.279. The number of hydrogen-bond acceptors (Lipinski definition) is 3. The molecule has 2 aliphatic heterocycles. The predicted molar refractivity (Wildman–Crippen MR) is 69.1 cm³/mol. The highest BCUT2D eigenvalue weighted by atomic mass is 16.2. The molecule has 2 amide bonds. The van der Waals surface area contributed by atoms with E-state index in [9.17, 15) is 9.59 Å². The van der Waals surface area contributed by atoms with Gasteiger partial charge in [0.1, 0.15) is 0 Å². The molecule has 0 aromatic rings. The molecule has 2 N–H and O–H groups in total. The second-order valence-electron chi connectivity index (χ2n) is 5.22. The van der Waals surface area contributed by atoms with Gasteiger partial charge in [0.25, 0.3) is 0 Å². The SMILES string of the molecule is O=C(CN1CCCCCC1=O)NC1CCNCC1. The van der Waals surface area contributed by atoms with Crippen LogP contribution < -0.4 is 10.6 Å². The fourth-order valence-electron chi connectivity index (χ4n) is 2.62. The summed E-state index contributed by atoms with van der Waals surface area (Å²) in [5.41, 5.74) is 0. The average Bonchev–Trinajstić information content (AvgIpc) is 2.56. The number of amides is 2. The molecule has 2 heterocycles. The van der Waals surface area contributed by atoms with E-state index in [1.54, 1.807) is 4.90 Å². The molecule has 0 spiro atoms. The van der Waals surface area contributed by atoms with E-state index in [0.717, 1.165) is 51.7 Å². The molecule has 0 bridgehead atoms. The lowest BCUT2D eigenvalue weighted by molar-refractivity contribution is -0.135. The lowest BCUT2D eigenvalue weighted by Gasteiger charge is -2.26. The van der Waals surface area contributed by atoms with Gasteiger partial charge in [-0.3, -0.25) is 9.59 Å². The van der Waals surface area contributed by atoms with E-state index in [0.29, 0.717) is 6.42 Å². The fraction of sp³-hybridized carbons (Fsp3) is 0.846. The molecule has 0 aliphatic carbocycles. The third-order valence-corrected chi connectivity index (χ3v) is 3.71. The first-order chi connectivity index (χ1) is 8.75. The molecule has 0 aromatic carbocycles. The molecule has 0 radical (unpaired) electrons. The van der Waals surface area contributed by atoms with Crippen LogP contribution in [0.1, 0.15) is 38.5 Å². The molecular weight excluding hydrogens is 230 g/mol. The molecule has 2 aliphatic rings. The normalized spacial score (nSPS) is 22.7. The number of carbonyl (C=O) groups excluding carboxylic acids is 2. The van der Waals surface area contributed by atoms with Crippen molar-refractivity contribution < 1.29 is 9.59 Å². The zero-order valence-corrected chi connectivity index (χ0v) is 10.9. The summed E-state index contributed by atoms with van der Waals surface area (Å²) < 4.78 is 0. The van der Waals surface area contributed by atoms with Crippen LogP contribution in [-0.4, -0.2) is 48.9 Å². The van der Waals surface area contributed by atoms with Crippen LogP contribution in [0.3, 0.4) is 0 Å². The van der Waals surface area contributed by atoms with Crippen molar-refractivity contribution in [2.45, 2.75) is 44.6 Å². The molecule has 0 saturated carbocycles. The van der Waals surface area contributed by atoms with E-state index >= 15 is 0 Å². The van der Waals surface area contributed by atoms with Gasteiger partial charge < -0.3 is 15.5 Å². The summed E-state index contributed by atoms with van der Waals surface area (Å²) in [5, 5.41) is 6.30. The van der Waals surface area contributed by atoms with Gasteiger partial charge in [-0.2, -0.15) is 0 Å². The third kappa shape index (κ3) is 3.98. The molecular formula is C13H23N3O2. The Hall–Kier alpha value is -1.10. The van der Waals surface area contributed by atoms with Crippen LogP contribution in [0, 0.1) is 0 Å². The van der Waals surface area contributed by atoms with Gasteiger partial charge >= 0.3 is 0 Å². The second-order valence-corrected chi connectivity index (χ2v) is 5.22. The van der Waals surface area contributed by atoms with Gasteiger partial charge in [-0.1, -0.05) is 6.42 Å². The number of hydrogen-bond donors (Lipinski definition) is 2. The summed E-state index contributed by atoms with van der Waals surface area (Å²) in [5.74, 6) is 0.130.